The van der Waals surface area contributed by atoms with Gasteiger partial charge < -0.3 is 5.32 Å². The molecule has 96 valence electrons. The van der Waals surface area contributed by atoms with Crippen molar-refractivity contribution in [1.29, 1.82) is 0 Å². The van der Waals surface area contributed by atoms with E-state index in [0.29, 0.717) is 0 Å². The van der Waals surface area contributed by atoms with Crippen LogP contribution in [0.1, 0.15) is 27.2 Å². The number of aromatic nitrogens is 1. The number of nitrogens with one attached hydrogen (secondary N) is 1. The molecule has 1 atom stereocenters. The van der Waals surface area contributed by atoms with Gasteiger partial charge in [0.1, 0.15) is 11.6 Å². The van der Waals surface area contributed by atoms with Crippen molar-refractivity contribution in [1.82, 2.24) is 10.3 Å². The summed E-state index contributed by atoms with van der Waals surface area (Å²) in [4.78, 5) is 5.14. The third-order valence-electron chi connectivity index (χ3n) is 2.78. The summed E-state index contributed by atoms with van der Waals surface area (Å²) >= 11 is 1.45. The molecular weight excluding hydrogens is 254 g/mol. The number of aryl methyl sites for hydroxylation is 2. The van der Waals surface area contributed by atoms with Gasteiger partial charge in [0.25, 0.3) is 0 Å². The van der Waals surface area contributed by atoms with Crippen LogP contribution >= 0.6 is 11.3 Å². The number of nitrogens with zero attached hydrogens (tertiary/aromatic N) is 1. The molecule has 0 amide bonds. The van der Waals surface area contributed by atoms with Gasteiger partial charge in [-0.25, -0.2) is 13.8 Å². The van der Waals surface area contributed by atoms with E-state index in [9.17, 15) is 8.78 Å². The van der Waals surface area contributed by atoms with Gasteiger partial charge in [-0.15, -0.1) is 11.3 Å². The largest absolute Gasteiger partial charge is 0.308 e. The number of hydrogen-bond acceptors (Lipinski definition) is 3. The molecule has 1 aromatic heterocycles. The van der Waals surface area contributed by atoms with Crippen LogP contribution in [0.2, 0.25) is 0 Å². The lowest BCUT2D eigenvalue weighted by Crippen LogP contribution is -2.20. The summed E-state index contributed by atoms with van der Waals surface area (Å²) in [7, 11) is 1.69. The van der Waals surface area contributed by atoms with Gasteiger partial charge in [-0.1, -0.05) is 6.07 Å². The van der Waals surface area contributed by atoms with Gasteiger partial charge in [-0.2, -0.15) is 0 Å². The zero-order chi connectivity index (χ0) is 13.3. The SMILES string of the molecule is CNC(c1sc(C)nc1C)c1c(F)cccc1F. The van der Waals surface area contributed by atoms with Crippen LogP contribution < -0.4 is 5.32 Å². The maximum atomic E-state index is 13.8. The van der Waals surface area contributed by atoms with Crippen LogP contribution in [-0.4, -0.2) is 12.0 Å². The van der Waals surface area contributed by atoms with Crippen molar-refractivity contribution in [3.05, 3.63) is 51.0 Å². The number of halogens is 2. The molecule has 0 radical (unpaired) electrons. The van der Waals surface area contributed by atoms with Crippen molar-refractivity contribution in [3.63, 3.8) is 0 Å². The summed E-state index contributed by atoms with van der Waals surface area (Å²) in [5.74, 6) is -1.08. The highest BCUT2D eigenvalue weighted by molar-refractivity contribution is 7.11. The van der Waals surface area contributed by atoms with Crippen molar-refractivity contribution in [2.75, 3.05) is 7.05 Å². The Labute approximate surface area is 109 Å². The lowest BCUT2D eigenvalue weighted by molar-refractivity contribution is 0.524. The monoisotopic (exact) mass is 268 g/mol. The maximum absolute atomic E-state index is 13.8. The second kappa shape index (κ2) is 5.12. The minimum Gasteiger partial charge on any atom is -0.308 e. The van der Waals surface area contributed by atoms with Crippen molar-refractivity contribution >= 4 is 11.3 Å². The second-order valence-electron chi connectivity index (χ2n) is 4.04. The van der Waals surface area contributed by atoms with Gasteiger partial charge in [-0.3, -0.25) is 0 Å². The molecule has 2 nitrogen and oxygen atoms in total. The first kappa shape index (κ1) is 13.1. The highest BCUT2D eigenvalue weighted by atomic mass is 32.1. The van der Waals surface area contributed by atoms with Gasteiger partial charge in [-0.05, 0) is 33.0 Å². The molecule has 1 heterocycles. The predicted molar refractivity (Wildman–Crippen MR) is 68.8 cm³/mol. The van der Waals surface area contributed by atoms with Crippen molar-refractivity contribution in [3.8, 4) is 0 Å². The van der Waals surface area contributed by atoms with Crippen LogP contribution in [0.15, 0.2) is 18.2 Å². The van der Waals surface area contributed by atoms with E-state index in [1.165, 1.54) is 29.5 Å². The fourth-order valence-corrected chi connectivity index (χ4v) is 3.06. The quantitative estimate of drug-likeness (QED) is 0.923. The summed E-state index contributed by atoms with van der Waals surface area (Å²) in [5, 5.41) is 3.85. The highest BCUT2D eigenvalue weighted by Gasteiger charge is 2.24. The minimum atomic E-state index is -0.542. The standard InChI is InChI=1S/C13H14F2N2S/c1-7-13(18-8(2)17-7)12(16-3)11-9(14)5-4-6-10(11)15/h4-6,12,16H,1-3H3. The number of benzene rings is 1. The molecule has 0 bridgehead atoms. The third kappa shape index (κ3) is 2.28. The molecule has 0 saturated heterocycles. The first-order valence-corrected chi connectivity index (χ1v) is 6.41. The Morgan fingerprint density at radius 2 is 1.83 bits per heavy atom. The molecule has 0 aliphatic rings. The van der Waals surface area contributed by atoms with E-state index in [1.807, 2.05) is 13.8 Å². The zero-order valence-electron chi connectivity index (χ0n) is 10.4. The molecule has 1 aromatic carbocycles. The molecule has 1 N–H and O–H groups in total. The van der Waals surface area contributed by atoms with Crippen LogP contribution in [0.25, 0.3) is 0 Å². The Kier molecular flexibility index (Phi) is 3.73. The normalized spacial score (nSPS) is 12.7. The molecule has 0 saturated carbocycles. The molecule has 0 spiro atoms. The topological polar surface area (TPSA) is 24.9 Å². The molecule has 5 heteroatoms. The minimum absolute atomic E-state index is 0.0479. The van der Waals surface area contributed by atoms with E-state index < -0.39 is 17.7 Å². The molecule has 0 aliphatic heterocycles. The molecule has 1 unspecified atom stereocenters. The number of hydrogen-bond donors (Lipinski definition) is 1. The van der Waals surface area contributed by atoms with Crippen LogP contribution in [0, 0.1) is 25.5 Å². The second-order valence-corrected chi connectivity index (χ2v) is 5.27. The van der Waals surface area contributed by atoms with Gasteiger partial charge in [0.15, 0.2) is 0 Å². The molecular formula is C13H14F2N2S. The van der Waals surface area contributed by atoms with Crippen molar-refractivity contribution < 1.29 is 8.78 Å². The predicted octanol–water partition coefficient (Wildman–Crippen LogP) is 3.35. The Hall–Kier alpha value is -1.33. The van der Waals surface area contributed by atoms with Crippen molar-refractivity contribution in [2.24, 2.45) is 0 Å². The summed E-state index contributed by atoms with van der Waals surface area (Å²) in [6.07, 6.45) is 0. The number of rotatable bonds is 3. The van der Waals surface area contributed by atoms with E-state index in [0.717, 1.165) is 15.6 Å². The lowest BCUT2D eigenvalue weighted by atomic mass is 10.0. The summed E-state index contributed by atoms with van der Waals surface area (Å²) in [6, 6.07) is 3.40. The molecule has 2 rings (SSSR count). The average molecular weight is 268 g/mol. The maximum Gasteiger partial charge on any atom is 0.131 e. The van der Waals surface area contributed by atoms with Crippen LogP contribution in [0.4, 0.5) is 8.78 Å². The Bertz CT molecular complexity index is 546. The Balaban J connectivity index is 2.55. The van der Waals surface area contributed by atoms with Gasteiger partial charge in [0.05, 0.1) is 16.7 Å². The molecule has 0 aliphatic carbocycles. The van der Waals surface area contributed by atoms with E-state index in [4.69, 9.17) is 0 Å². The fourth-order valence-electron chi connectivity index (χ4n) is 2.01. The van der Waals surface area contributed by atoms with Gasteiger partial charge >= 0.3 is 0 Å². The average Bonchev–Trinajstić information content (AvgIpc) is 2.63. The highest BCUT2D eigenvalue weighted by Crippen LogP contribution is 2.32. The van der Waals surface area contributed by atoms with Crippen LogP contribution in [0.3, 0.4) is 0 Å². The van der Waals surface area contributed by atoms with E-state index in [2.05, 4.69) is 10.3 Å². The first-order chi connectivity index (χ1) is 8.54. The summed E-state index contributed by atoms with van der Waals surface area (Å²) in [5.41, 5.74) is 0.853. The van der Waals surface area contributed by atoms with Crippen molar-refractivity contribution in [2.45, 2.75) is 19.9 Å². The fraction of sp³-hybridized carbons (Fsp3) is 0.308. The molecule has 2 aromatic rings. The smallest absolute Gasteiger partial charge is 0.131 e. The first-order valence-electron chi connectivity index (χ1n) is 5.59. The Morgan fingerprint density at radius 3 is 2.28 bits per heavy atom. The molecule has 18 heavy (non-hydrogen) atoms. The lowest BCUT2D eigenvalue weighted by Gasteiger charge is -2.17. The van der Waals surface area contributed by atoms with Gasteiger partial charge in [0, 0.05) is 10.4 Å². The van der Waals surface area contributed by atoms with Crippen LogP contribution in [-0.2, 0) is 0 Å². The number of thiazole rings is 1. The van der Waals surface area contributed by atoms with Crippen LogP contribution in [0.5, 0.6) is 0 Å². The molecule has 0 fully saturated rings. The van der Waals surface area contributed by atoms with E-state index in [1.54, 1.807) is 7.05 Å². The third-order valence-corrected chi connectivity index (χ3v) is 3.92. The van der Waals surface area contributed by atoms with E-state index >= 15 is 0 Å². The Morgan fingerprint density at radius 1 is 1.22 bits per heavy atom. The van der Waals surface area contributed by atoms with E-state index in [-0.39, 0.29) is 5.56 Å². The zero-order valence-corrected chi connectivity index (χ0v) is 11.2. The summed E-state index contributed by atoms with van der Waals surface area (Å²) in [6.45, 7) is 3.73. The van der Waals surface area contributed by atoms with Gasteiger partial charge in [0.2, 0.25) is 0 Å². The summed E-state index contributed by atoms with van der Waals surface area (Å²) < 4.78 is 27.6.